The van der Waals surface area contributed by atoms with E-state index < -0.39 is 0 Å². The molecule has 0 aliphatic heterocycles. The predicted molar refractivity (Wildman–Crippen MR) is 84.4 cm³/mol. The van der Waals surface area contributed by atoms with Gasteiger partial charge in [0.05, 0.1) is 5.69 Å². The number of nitrogens with zero attached hydrogens (tertiary/aromatic N) is 2. The number of pyridine rings is 1. The third-order valence-electron chi connectivity index (χ3n) is 3.70. The van der Waals surface area contributed by atoms with E-state index in [1.807, 2.05) is 48.0 Å². The van der Waals surface area contributed by atoms with Crippen LogP contribution in [-0.4, -0.2) is 15.2 Å². The van der Waals surface area contributed by atoms with Crippen molar-refractivity contribution in [3.05, 3.63) is 59.9 Å². The molecule has 3 rings (SSSR count). The van der Waals surface area contributed by atoms with Gasteiger partial charge in [-0.25, -0.2) is 4.98 Å². The lowest BCUT2D eigenvalue weighted by Crippen LogP contribution is -2.00. The maximum atomic E-state index is 11.6. The molecule has 0 spiro atoms. The minimum absolute atomic E-state index is 0.262. The number of imidazole rings is 1. The van der Waals surface area contributed by atoms with E-state index in [0.717, 1.165) is 28.0 Å². The van der Waals surface area contributed by atoms with Crippen molar-refractivity contribution in [2.24, 2.45) is 0 Å². The lowest BCUT2D eigenvalue weighted by atomic mass is 10.0. The molecule has 106 valence electrons. The molecule has 0 N–H and O–H groups in total. The summed E-state index contributed by atoms with van der Waals surface area (Å²) in [4.78, 5) is 16.3. The summed E-state index contributed by atoms with van der Waals surface area (Å²) in [5.41, 5.74) is 5.17. The van der Waals surface area contributed by atoms with E-state index in [-0.39, 0.29) is 5.78 Å². The molecule has 0 radical (unpaired) electrons. The molecule has 3 heteroatoms. The standard InChI is InChI=1S/C18H18N2O/c1-3-16(21)11-14-7-4-8-15(10-14)17-12-20-9-5-6-13(2)18(20)19-17/h4-10,12H,3,11H2,1-2H3. The first-order valence-corrected chi connectivity index (χ1v) is 7.22. The molecule has 2 aromatic heterocycles. The Morgan fingerprint density at radius 1 is 1.24 bits per heavy atom. The van der Waals surface area contributed by atoms with Crippen molar-refractivity contribution in [2.75, 3.05) is 0 Å². The summed E-state index contributed by atoms with van der Waals surface area (Å²) in [6, 6.07) is 12.2. The second kappa shape index (κ2) is 5.52. The number of carbonyl (C=O) groups excluding carboxylic acids is 1. The summed E-state index contributed by atoms with van der Waals surface area (Å²) < 4.78 is 2.04. The molecule has 0 fully saturated rings. The van der Waals surface area contributed by atoms with Crippen LogP contribution in [0.1, 0.15) is 24.5 Å². The van der Waals surface area contributed by atoms with Crippen LogP contribution in [0.3, 0.4) is 0 Å². The van der Waals surface area contributed by atoms with Crippen LogP contribution in [0.5, 0.6) is 0 Å². The van der Waals surface area contributed by atoms with Gasteiger partial charge in [-0.05, 0) is 30.2 Å². The number of Topliss-reactive ketones (excluding diaryl/α,β-unsaturated/α-hetero) is 1. The van der Waals surface area contributed by atoms with Crippen molar-refractivity contribution in [1.29, 1.82) is 0 Å². The summed E-state index contributed by atoms with van der Waals surface area (Å²) in [5, 5.41) is 0. The molecular formula is C18H18N2O. The Morgan fingerprint density at radius 3 is 2.86 bits per heavy atom. The molecule has 0 unspecified atom stereocenters. The zero-order valence-corrected chi connectivity index (χ0v) is 12.3. The minimum atomic E-state index is 0.262. The Balaban J connectivity index is 2.00. The Labute approximate surface area is 124 Å². The molecule has 0 amide bonds. The maximum Gasteiger partial charge on any atom is 0.140 e. The van der Waals surface area contributed by atoms with Crippen LogP contribution in [0, 0.1) is 6.92 Å². The number of rotatable bonds is 4. The van der Waals surface area contributed by atoms with Gasteiger partial charge < -0.3 is 4.40 Å². The topological polar surface area (TPSA) is 34.4 Å². The molecule has 3 nitrogen and oxygen atoms in total. The van der Waals surface area contributed by atoms with Gasteiger partial charge in [0.25, 0.3) is 0 Å². The Kier molecular flexibility index (Phi) is 3.57. The monoisotopic (exact) mass is 278 g/mol. The summed E-state index contributed by atoms with van der Waals surface area (Å²) in [6.45, 7) is 3.96. The van der Waals surface area contributed by atoms with E-state index in [9.17, 15) is 4.79 Å². The number of ketones is 1. The zero-order valence-electron chi connectivity index (χ0n) is 12.3. The Bertz CT molecular complexity index is 802. The fourth-order valence-corrected chi connectivity index (χ4v) is 2.49. The number of hydrogen-bond acceptors (Lipinski definition) is 2. The fraction of sp³-hybridized carbons (Fsp3) is 0.222. The van der Waals surface area contributed by atoms with Crippen LogP contribution < -0.4 is 0 Å². The fourth-order valence-electron chi connectivity index (χ4n) is 2.49. The number of aromatic nitrogens is 2. The van der Waals surface area contributed by atoms with Crippen molar-refractivity contribution >= 4 is 11.4 Å². The van der Waals surface area contributed by atoms with Crippen LogP contribution in [-0.2, 0) is 11.2 Å². The van der Waals surface area contributed by atoms with Crippen LogP contribution in [0.4, 0.5) is 0 Å². The number of hydrogen-bond donors (Lipinski definition) is 0. The average Bonchev–Trinajstić information content (AvgIpc) is 2.93. The van der Waals surface area contributed by atoms with Crippen LogP contribution in [0.15, 0.2) is 48.8 Å². The van der Waals surface area contributed by atoms with Crippen molar-refractivity contribution in [3.8, 4) is 11.3 Å². The molecule has 2 heterocycles. The van der Waals surface area contributed by atoms with E-state index >= 15 is 0 Å². The van der Waals surface area contributed by atoms with Crippen molar-refractivity contribution in [1.82, 2.24) is 9.38 Å². The van der Waals surface area contributed by atoms with Crippen LogP contribution >= 0.6 is 0 Å². The summed E-state index contributed by atoms with van der Waals surface area (Å²) in [7, 11) is 0. The minimum Gasteiger partial charge on any atom is -0.306 e. The molecule has 1 aromatic carbocycles. The van der Waals surface area contributed by atoms with E-state index in [4.69, 9.17) is 4.98 Å². The van der Waals surface area contributed by atoms with Crippen LogP contribution in [0.25, 0.3) is 16.9 Å². The molecule has 0 bridgehead atoms. The molecule has 21 heavy (non-hydrogen) atoms. The van der Waals surface area contributed by atoms with Gasteiger partial charge >= 0.3 is 0 Å². The van der Waals surface area contributed by atoms with Gasteiger partial charge in [-0.15, -0.1) is 0 Å². The lowest BCUT2D eigenvalue weighted by molar-refractivity contribution is -0.118. The molecular weight excluding hydrogens is 260 g/mol. The van der Waals surface area contributed by atoms with Gasteiger partial charge in [0, 0.05) is 30.8 Å². The van der Waals surface area contributed by atoms with Gasteiger partial charge in [-0.1, -0.05) is 31.2 Å². The second-order valence-electron chi connectivity index (χ2n) is 5.32. The Hall–Kier alpha value is -2.42. The second-order valence-corrected chi connectivity index (χ2v) is 5.32. The van der Waals surface area contributed by atoms with Crippen molar-refractivity contribution in [3.63, 3.8) is 0 Å². The maximum absolute atomic E-state index is 11.6. The first kappa shape index (κ1) is 13.6. The van der Waals surface area contributed by atoms with E-state index in [2.05, 4.69) is 19.1 Å². The number of fused-ring (bicyclic) bond motifs is 1. The van der Waals surface area contributed by atoms with E-state index in [0.29, 0.717) is 12.8 Å². The van der Waals surface area contributed by atoms with Crippen LogP contribution in [0.2, 0.25) is 0 Å². The third kappa shape index (κ3) is 2.72. The average molecular weight is 278 g/mol. The van der Waals surface area contributed by atoms with Gasteiger partial charge in [0.1, 0.15) is 11.4 Å². The number of aryl methyl sites for hydroxylation is 1. The molecule has 0 saturated carbocycles. The van der Waals surface area contributed by atoms with E-state index in [1.54, 1.807) is 0 Å². The first-order chi connectivity index (χ1) is 10.2. The smallest absolute Gasteiger partial charge is 0.140 e. The lowest BCUT2D eigenvalue weighted by Gasteiger charge is -2.02. The van der Waals surface area contributed by atoms with Crippen molar-refractivity contribution in [2.45, 2.75) is 26.7 Å². The highest BCUT2D eigenvalue weighted by Gasteiger charge is 2.08. The van der Waals surface area contributed by atoms with Crippen molar-refractivity contribution < 1.29 is 4.79 Å². The largest absolute Gasteiger partial charge is 0.306 e. The molecule has 0 atom stereocenters. The Morgan fingerprint density at radius 2 is 2.10 bits per heavy atom. The normalized spacial score (nSPS) is 11.0. The molecule has 0 saturated heterocycles. The number of carbonyl (C=O) groups is 1. The molecule has 0 aliphatic rings. The van der Waals surface area contributed by atoms with E-state index in [1.165, 1.54) is 0 Å². The highest BCUT2D eigenvalue weighted by atomic mass is 16.1. The van der Waals surface area contributed by atoms with Gasteiger partial charge in [-0.2, -0.15) is 0 Å². The number of benzene rings is 1. The van der Waals surface area contributed by atoms with Gasteiger partial charge in [0.15, 0.2) is 0 Å². The summed E-state index contributed by atoms with van der Waals surface area (Å²) in [6.07, 6.45) is 5.11. The zero-order chi connectivity index (χ0) is 14.8. The highest BCUT2D eigenvalue weighted by Crippen LogP contribution is 2.22. The summed E-state index contributed by atoms with van der Waals surface area (Å²) in [5.74, 6) is 0.262. The SMILES string of the molecule is CCC(=O)Cc1cccc(-c2cn3cccc(C)c3n2)c1. The quantitative estimate of drug-likeness (QED) is 0.727. The highest BCUT2D eigenvalue weighted by molar-refractivity contribution is 5.81. The molecule has 3 aromatic rings. The first-order valence-electron chi connectivity index (χ1n) is 7.22. The predicted octanol–water partition coefficient (Wildman–Crippen LogP) is 3.83. The van der Waals surface area contributed by atoms with Gasteiger partial charge in [-0.3, -0.25) is 4.79 Å². The molecule has 0 aliphatic carbocycles. The summed E-state index contributed by atoms with van der Waals surface area (Å²) >= 11 is 0. The van der Waals surface area contributed by atoms with Gasteiger partial charge in [0.2, 0.25) is 0 Å². The third-order valence-corrected chi connectivity index (χ3v) is 3.70.